The predicted octanol–water partition coefficient (Wildman–Crippen LogP) is 3.18. The van der Waals surface area contributed by atoms with E-state index in [2.05, 4.69) is 6.08 Å². The topological polar surface area (TPSA) is 53.7 Å². The Balaban J connectivity index is 1.89. The molecule has 1 saturated heterocycles. The molecule has 3 rings (SSSR count). The van der Waals surface area contributed by atoms with Gasteiger partial charge >= 0.3 is 0 Å². The van der Waals surface area contributed by atoms with Gasteiger partial charge in [0.15, 0.2) is 0 Å². The van der Waals surface area contributed by atoms with Crippen molar-refractivity contribution in [3.8, 4) is 0 Å². The molecule has 0 aromatic heterocycles. The number of hydrogen-bond acceptors (Lipinski definition) is 4. The molecule has 3 fully saturated rings. The first-order valence-corrected chi connectivity index (χ1v) is 8.01. The minimum atomic E-state index is 0.160. The molecule has 22 heavy (non-hydrogen) atoms. The van der Waals surface area contributed by atoms with Gasteiger partial charge in [-0.05, 0) is 50.8 Å². The lowest BCUT2D eigenvalue weighted by Crippen LogP contribution is -2.41. The van der Waals surface area contributed by atoms with Crippen LogP contribution >= 0.6 is 0 Å². The zero-order valence-corrected chi connectivity index (χ0v) is 13.4. The Morgan fingerprint density at radius 2 is 2.14 bits per heavy atom. The maximum Gasteiger partial charge on any atom is 0.127 e. The van der Waals surface area contributed by atoms with Crippen LogP contribution in [0.2, 0.25) is 0 Å². The molecule has 0 unspecified atom stereocenters. The Kier molecular flexibility index (Phi) is 4.30. The summed E-state index contributed by atoms with van der Waals surface area (Å²) in [7, 11) is 1.64. The van der Waals surface area contributed by atoms with Crippen LogP contribution in [0.1, 0.15) is 32.6 Å². The molecule has 4 heteroatoms. The van der Waals surface area contributed by atoms with Crippen molar-refractivity contribution in [2.75, 3.05) is 13.7 Å². The number of methoxy groups -OCH3 is 1. The van der Waals surface area contributed by atoms with Crippen LogP contribution in [0.3, 0.4) is 0 Å². The molecule has 2 aliphatic carbocycles. The second-order valence-corrected chi connectivity index (χ2v) is 6.37. The lowest BCUT2D eigenvalue weighted by Gasteiger charge is -2.33. The highest BCUT2D eigenvalue weighted by Gasteiger charge is 2.54. The molecule has 0 radical (unpaired) electrons. The van der Waals surface area contributed by atoms with Crippen LogP contribution in [-0.4, -0.2) is 25.9 Å². The Labute approximate surface area is 132 Å². The molecule has 1 heterocycles. The minimum absolute atomic E-state index is 0.160. The van der Waals surface area contributed by atoms with E-state index in [9.17, 15) is 0 Å². The van der Waals surface area contributed by atoms with Crippen LogP contribution in [-0.2, 0) is 14.2 Å². The third kappa shape index (κ3) is 2.93. The second kappa shape index (κ2) is 6.21. The molecule has 2 saturated carbocycles. The quantitative estimate of drug-likeness (QED) is 0.793. The summed E-state index contributed by atoms with van der Waals surface area (Å²) in [5.74, 6) is 1.86. The molecule has 0 bridgehead atoms. The number of rotatable bonds is 5. The summed E-state index contributed by atoms with van der Waals surface area (Å²) in [4.78, 5) is 0. The van der Waals surface area contributed by atoms with Crippen molar-refractivity contribution in [1.82, 2.24) is 0 Å². The SMILES string of the molecule is C\C=C/C(O[C@H]1C[C@@H](N)C1)=C1\C(=C/C=C/OC)OCC12CC2. The molecule has 0 atom stereocenters. The second-order valence-electron chi connectivity index (χ2n) is 6.37. The molecule has 3 aliphatic rings. The van der Waals surface area contributed by atoms with Gasteiger partial charge in [-0.25, -0.2) is 0 Å². The molecule has 0 amide bonds. The van der Waals surface area contributed by atoms with Gasteiger partial charge in [0, 0.05) is 17.0 Å². The van der Waals surface area contributed by atoms with E-state index in [0.717, 1.165) is 31.0 Å². The summed E-state index contributed by atoms with van der Waals surface area (Å²) in [6.45, 7) is 2.77. The number of nitrogens with two attached hydrogens (primary N) is 1. The smallest absolute Gasteiger partial charge is 0.127 e. The summed E-state index contributed by atoms with van der Waals surface area (Å²) in [6.07, 6.45) is 14.0. The average Bonchev–Trinajstić information content (AvgIpc) is 3.14. The van der Waals surface area contributed by atoms with Gasteiger partial charge in [0.05, 0.1) is 20.0 Å². The van der Waals surface area contributed by atoms with Crippen LogP contribution in [0, 0.1) is 5.41 Å². The van der Waals surface area contributed by atoms with Crippen LogP contribution < -0.4 is 5.73 Å². The van der Waals surface area contributed by atoms with Crippen molar-refractivity contribution in [2.24, 2.45) is 11.1 Å². The third-order valence-electron chi connectivity index (χ3n) is 4.59. The van der Waals surface area contributed by atoms with E-state index < -0.39 is 0 Å². The lowest BCUT2D eigenvalue weighted by molar-refractivity contribution is 0.0425. The van der Waals surface area contributed by atoms with E-state index in [0.29, 0.717) is 0 Å². The van der Waals surface area contributed by atoms with Crippen LogP contribution in [0.15, 0.2) is 47.7 Å². The van der Waals surface area contributed by atoms with E-state index in [4.69, 9.17) is 19.9 Å². The van der Waals surface area contributed by atoms with Crippen molar-refractivity contribution in [2.45, 2.75) is 44.8 Å². The Bertz CT molecular complexity index is 535. The van der Waals surface area contributed by atoms with Crippen molar-refractivity contribution >= 4 is 0 Å². The van der Waals surface area contributed by atoms with Gasteiger partial charge in [0.1, 0.15) is 17.6 Å². The normalized spacial score (nSPS) is 33.3. The van der Waals surface area contributed by atoms with Crippen LogP contribution in [0.4, 0.5) is 0 Å². The highest BCUT2D eigenvalue weighted by Crippen LogP contribution is 2.60. The highest BCUT2D eigenvalue weighted by molar-refractivity contribution is 5.47. The van der Waals surface area contributed by atoms with E-state index in [-0.39, 0.29) is 17.6 Å². The van der Waals surface area contributed by atoms with E-state index in [1.54, 1.807) is 13.4 Å². The van der Waals surface area contributed by atoms with E-state index >= 15 is 0 Å². The number of ether oxygens (including phenoxy) is 3. The molecule has 4 nitrogen and oxygen atoms in total. The molecular formula is C18H25NO3. The molecule has 2 N–H and O–H groups in total. The van der Waals surface area contributed by atoms with Crippen molar-refractivity contribution in [1.29, 1.82) is 0 Å². The summed E-state index contributed by atoms with van der Waals surface area (Å²) in [5, 5.41) is 0. The average molecular weight is 303 g/mol. The minimum Gasteiger partial charge on any atom is -0.504 e. The van der Waals surface area contributed by atoms with Crippen LogP contribution in [0.25, 0.3) is 0 Å². The summed E-state index contributed by atoms with van der Waals surface area (Å²) < 4.78 is 17.1. The number of hydrogen-bond donors (Lipinski definition) is 1. The van der Waals surface area contributed by atoms with Gasteiger partial charge in [-0.3, -0.25) is 0 Å². The Morgan fingerprint density at radius 3 is 2.73 bits per heavy atom. The maximum atomic E-state index is 6.23. The first-order chi connectivity index (χ1) is 10.7. The standard InChI is InChI=1S/C18H25NO3/c1-3-5-16(22-14-10-13(19)11-14)17-15(6-4-9-20-2)21-12-18(17)7-8-18/h3-6,9,13-14H,7-8,10-12,19H2,1-2H3/b5-3-,9-4+,15-6+,17-16-/t13-,14+. The summed E-state index contributed by atoms with van der Waals surface area (Å²) in [5.41, 5.74) is 7.25. The zero-order chi connectivity index (χ0) is 15.6. The van der Waals surface area contributed by atoms with Crippen molar-refractivity contribution in [3.63, 3.8) is 0 Å². The van der Waals surface area contributed by atoms with Gasteiger partial charge in [0.25, 0.3) is 0 Å². The molecule has 0 aromatic carbocycles. The highest BCUT2D eigenvalue weighted by atomic mass is 16.5. The molecule has 1 spiro atoms. The Hall–Kier alpha value is -1.68. The molecular weight excluding hydrogens is 278 g/mol. The summed E-state index contributed by atoms with van der Waals surface area (Å²) in [6, 6.07) is 0.288. The van der Waals surface area contributed by atoms with Gasteiger partial charge in [-0.2, -0.15) is 0 Å². The monoisotopic (exact) mass is 303 g/mol. The Morgan fingerprint density at radius 1 is 1.36 bits per heavy atom. The molecule has 120 valence electrons. The maximum absolute atomic E-state index is 6.23. The fourth-order valence-corrected chi connectivity index (χ4v) is 3.10. The zero-order valence-electron chi connectivity index (χ0n) is 13.4. The third-order valence-corrected chi connectivity index (χ3v) is 4.59. The van der Waals surface area contributed by atoms with Crippen molar-refractivity contribution < 1.29 is 14.2 Å². The predicted molar refractivity (Wildman–Crippen MR) is 85.8 cm³/mol. The number of allylic oxidation sites excluding steroid dienone is 5. The largest absolute Gasteiger partial charge is 0.504 e. The summed E-state index contributed by atoms with van der Waals surface area (Å²) >= 11 is 0. The molecule has 0 aromatic rings. The van der Waals surface area contributed by atoms with Gasteiger partial charge in [0.2, 0.25) is 0 Å². The lowest BCUT2D eigenvalue weighted by atomic mass is 9.89. The van der Waals surface area contributed by atoms with Gasteiger partial charge in [-0.15, -0.1) is 0 Å². The van der Waals surface area contributed by atoms with Crippen molar-refractivity contribution in [3.05, 3.63) is 47.7 Å². The first-order valence-electron chi connectivity index (χ1n) is 8.01. The van der Waals surface area contributed by atoms with E-state index in [1.807, 2.05) is 25.2 Å². The first kappa shape index (κ1) is 15.2. The fourth-order valence-electron chi connectivity index (χ4n) is 3.10. The van der Waals surface area contributed by atoms with Gasteiger partial charge < -0.3 is 19.9 Å². The van der Waals surface area contributed by atoms with E-state index in [1.165, 1.54) is 18.4 Å². The van der Waals surface area contributed by atoms with Gasteiger partial charge in [-0.1, -0.05) is 6.08 Å². The fraction of sp³-hybridized carbons (Fsp3) is 0.556. The van der Waals surface area contributed by atoms with Crippen LogP contribution in [0.5, 0.6) is 0 Å². The molecule has 1 aliphatic heterocycles.